The van der Waals surface area contributed by atoms with E-state index in [0.29, 0.717) is 30.6 Å². The van der Waals surface area contributed by atoms with Crippen LogP contribution in [-0.2, 0) is 17.6 Å². The van der Waals surface area contributed by atoms with E-state index in [-0.39, 0.29) is 11.3 Å². The predicted molar refractivity (Wildman–Crippen MR) is 148 cm³/mol. The lowest BCUT2D eigenvalue weighted by atomic mass is 10.0. The van der Waals surface area contributed by atoms with Crippen molar-refractivity contribution in [3.63, 3.8) is 0 Å². The number of aromatic amines is 1. The molecule has 3 aromatic carbocycles. The van der Waals surface area contributed by atoms with E-state index in [1.807, 2.05) is 92.7 Å². The van der Waals surface area contributed by atoms with Gasteiger partial charge in [0.2, 0.25) is 0 Å². The van der Waals surface area contributed by atoms with E-state index in [1.165, 1.54) is 15.7 Å². The molecule has 0 aliphatic carbocycles. The summed E-state index contributed by atoms with van der Waals surface area (Å²) in [5, 5.41) is 5.95. The summed E-state index contributed by atoms with van der Waals surface area (Å²) in [6, 6.07) is 25.1. The van der Waals surface area contributed by atoms with E-state index < -0.39 is 11.9 Å². The quantitative estimate of drug-likeness (QED) is 0.263. The molecule has 0 atom stereocenters. The van der Waals surface area contributed by atoms with E-state index in [0.717, 1.165) is 34.4 Å². The molecule has 1 aliphatic heterocycles. The number of para-hydroxylation sites is 1. The summed E-state index contributed by atoms with van der Waals surface area (Å²) in [4.78, 5) is 40.7. The molecule has 0 unspecified atom stereocenters. The summed E-state index contributed by atoms with van der Waals surface area (Å²) in [7, 11) is 0. The van der Waals surface area contributed by atoms with Crippen LogP contribution in [0.4, 0.5) is 4.79 Å². The van der Waals surface area contributed by atoms with Gasteiger partial charge in [-0.25, -0.2) is 9.48 Å². The van der Waals surface area contributed by atoms with Gasteiger partial charge in [-0.1, -0.05) is 72.8 Å². The number of carbonyl (C=O) groups is 2. The Kier molecular flexibility index (Phi) is 7.09. The Labute approximate surface area is 221 Å². The molecule has 2 N–H and O–H groups in total. The van der Waals surface area contributed by atoms with Crippen LogP contribution < -0.4 is 10.9 Å². The molecule has 0 radical (unpaired) electrons. The Morgan fingerprint density at radius 2 is 1.50 bits per heavy atom. The molecule has 0 bridgehead atoms. The second-order valence-electron chi connectivity index (χ2n) is 9.57. The molecule has 7 nitrogen and oxygen atoms in total. The van der Waals surface area contributed by atoms with Crippen molar-refractivity contribution in [1.82, 2.24) is 20.0 Å². The van der Waals surface area contributed by atoms with Crippen LogP contribution in [0.25, 0.3) is 11.8 Å². The number of hydrogen-bond donors (Lipinski definition) is 2. The van der Waals surface area contributed by atoms with E-state index in [1.54, 1.807) is 0 Å². The highest BCUT2D eigenvalue weighted by Crippen LogP contribution is 2.21. The molecule has 1 fully saturated rings. The number of benzene rings is 3. The Morgan fingerprint density at radius 1 is 0.816 bits per heavy atom. The lowest BCUT2D eigenvalue weighted by Crippen LogP contribution is -2.32. The summed E-state index contributed by atoms with van der Waals surface area (Å²) in [5.41, 5.74) is 5.84. The minimum Gasteiger partial charge on any atom is -0.303 e. The van der Waals surface area contributed by atoms with Crippen molar-refractivity contribution in [2.24, 2.45) is 0 Å². The molecule has 4 aromatic rings. The largest absolute Gasteiger partial charge is 0.329 e. The van der Waals surface area contributed by atoms with Gasteiger partial charge in [-0.2, -0.15) is 0 Å². The van der Waals surface area contributed by atoms with E-state index in [9.17, 15) is 14.4 Å². The van der Waals surface area contributed by atoms with Gasteiger partial charge in [0.15, 0.2) is 0 Å². The lowest BCUT2D eigenvalue weighted by molar-refractivity contribution is -0.122. The average Bonchev–Trinajstić information content (AvgIpc) is 3.36. The second kappa shape index (κ2) is 10.8. The highest BCUT2D eigenvalue weighted by molar-refractivity contribution is 6.14. The van der Waals surface area contributed by atoms with Gasteiger partial charge in [-0.05, 0) is 61.1 Å². The molecular formula is C31H30N4O3. The first-order valence-corrected chi connectivity index (χ1v) is 12.8. The fourth-order valence-corrected chi connectivity index (χ4v) is 4.77. The molecule has 7 heteroatoms. The minimum atomic E-state index is -0.468. The molecule has 1 saturated heterocycles. The van der Waals surface area contributed by atoms with Gasteiger partial charge in [-0.15, -0.1) is 0 Å². The topological polar surface area (TPSA) is 87.2 Å². The second-order valence-corrected chi connectivity index (χ2v) is 9.57. The van der Waals surface area contributed by atoms with Crippen LogP contribution >= 0.6 is 0 Å². The maximum absolute atomic E-state index is 13.7. The van der Waals surface area contributed by atoms with Crippen LogP contribution in [0, 0.1) is 13.8 Å². The van der Waals surface area contributed by atoms with E-state index in [4.69, 9.17) is 0 Å². The van der Waals surface area contributed by atoms with Crippen molar-refractivity contribution in [2.45, 2.75) is 33.1 Å². The van der Waals surface area contributed by atoms with Gasteiger partial charge in [0.1, 0.15) is 5.70 Å². The zero-order valence-electron chi connectivity index (χ0n) is 21.5. The third-order valence-electron chi connectivity index (χ3n) is 6.93. The highest BCUT2D eigenvalue weighted by Gasteiger charge is 2.33. The maximum Gasteiger partial charge on any atom is 0.329 e. The van der Waals surface area contributed by atoms with Gasteiger partial charge < -0.3 is 5.32 Å². The smallest absolute Gasteiger partial charge is 0.303 e. The molecule has 192 valence electrons. The number of hydrogen-bond acceptors (Lipinski definition) is 3. The van der Waals surface area contributed by atoms with Crippen LogP contribution in [0.5, 0.6) is 0 Å². The standard InChI is InChI=1S/C31H30N4O3/c1-21-11-6-8-16-24(21)19-26-25(29(36)35(33-26)28-17-9-7-12-22(28)2)20-27-30(37)34(31(38)32-27)18-10-15-23-13-4-3-5-14-23/h3-9,11-14,16-17,20,33H,10,15,18-19H2,1-2H3,(H,32,38). The Hall–Kier alpha value is -4.65. The molecule has 1 aromatic heterocycles. The number of H-pyrrole nitrogens is 1. The molecular weight excluding hydrogens is 476 g/mol. The van der Waals surface area contributed by atoms with Crippen LogP contribution in [0.1, 0.15) is 39.9 Å². The normalized spacial score (nSPS) is 14.4. The van der Waals surface area contributed by atoms with Gasteiger partial charge in [0.05, 0.1) is 11.3 Å². The summed E-state index contributed by atoms with van der Waals surface area (Å²) < 4.78 is 1.51. The Morgan fingerprint density at radius 3 is 2.24 bits per heavy atom. The fourth-order valence-electron chi connectivity index (χ4n) is 4.77. The number of aromatic nitrogens is 2. The third-order valence-corrected chi connectivity index (χ3v) is 6.93. The Bertz CT molecular complexity index is 1580. The van der Waals surface area contributed by atoms with E-state index in [2.05, 4.69) is 10.4 Å². The predicted octanol–water partition coefficient (Wildman–Crippen LogP) is 4.90. The third kappa shape index (κ3) is 5.09. The maximum atomic E-state index is 13.7. The van der Waals surface area contributed by atoms with Crippen molar-refractivity contribution in [3.8, 4) is 5.69 Å². The molecule has 3 amide bonds. The zero-order valence-corrected chi connectivity index (χ0v) is 21.5. The first-order valence-electron chi connectivity index (χ1n) is 12.8. The number of urea groups is 1. The number of nitrogens with one attached hydrogen (secondary N) is 2. The monoisotopic (exact) mass is 506 g/mol. The fraction of sp³-hybridized carbons (Fsp3) is 0.194. The summed E-state index contributed by atoms with van der Waals surface area (Å²) in [6.07, 6.45) is 3.40. The summed E-state index contributed by atoms with van der Waals surface area (Å²) >= 11 is 0. The lowest BCUT2D eigenvalue weighted by Gasteiger charge is -2.11. The van der Waals surface area contributed by atoms with Crippen LogP contribution in [0.15, 0.2) is 89.4 Å². The van der Waals surface area contributed by atoms with Crippen molar-refractivity contribution in [2.75, 3.05) is 6.54 Å². The van der Waals surface area contributed by atoms with Crippen molar-refractivity contribution >= 4 is 18.0 Å². The van der Waals surface area contributed by atoms with Gasteiger partial charge in [0.25, 0.3) is 11.5 Å². The minimum absolute atomic E-state index is 0.105. The highest BCUT2D eigenvalue weighted by atomic mass is 16.2. The van der Waals surface area contributed by atoms with E-state index >= 15 is 0 Å². The number of rotatable bonds is 8. The average molecular weight is 507 g/mol. The molecule has 1 aliphatic rings. The van der Waals surface area contributed by atoms with Crippen molar-refractivity contribution in [3.05, 3.63) is 128 Å². The molecule has 0 saturated carbocycles. The first kappa shape index (κ1) is 25.0. The number of aryl methyl sites for hydroxylation is 3. The molecule has 38 heavy (non-hydrogen) atoms. The van der Waals surface area contributed by atoms with Crippen molar-refractivity contribution in [1.29, 1.82) is 0 Å². The SMILES string of the molecule is Cc1ccccc1Cc1[nH]n(-c2ccccc2C)c(=O)c1C=C1NC(=O)N(CCCc2ccccc2)C1=O. The molecule has 5 rings (SSSR count). The Balaban J connectivity index is 1.46. The zero-order chi connectivity index (χ0) is 26.6. The van der Waals surface area contributed by atoms with Crippen LogP contribution in [-0.4, -0.2) is 33.2 Å². The molecule has 2 heterocycles. The number of nitrogens with zero attached hydrogens (tertiary/aromatic N) is 2. The molecule has 0 spiro atoms. The first-order chi connectivity index (χ1) is 18.4. The van der Waals surface area contributed by atoms with Crippen LogP contribution in [0.2, 0.25) is 0 Å². The summed E-state index contributed by atoms with van der Waals surface area (Å²) in [6.45, 7) is 4.27. The number of carbonyl (C=O) groups excluding carboxylic acids is 2. The van der Waals surface area contributed by atoms with Gasteiger partial charge >= 0.3 is 6.03 Å². The van der Waals surface area contributed by atoms with Crippen molar-refractivity contribution < 1.29 is 9.59 Å². The summed E-state index contributed by atoms with van der Waals surface area (Å²) in [5.74, 6) is -0.423. The van der Waals surface area contributed by atoms with Gasteiger partial charge in [-0.3, -0.25) is 19.6 Å². The van der Waals surface area contributed by atoms with Gasteiger partial charge in [0, 0.05) is 18.7 Å². The number of amides is 3. The number of imide groups is 1. The van der Waals surface area contributed by atoms with Crippen LogP contribution in [0.3, 0.4) is 0 Å².